The van der Waals surface area contributed by atoms with Gasteiger partial charge in [-0.1, -0.05) is 58.4 Å². The lowest BCUT2D eigenvalue weighted by Crippen LogP contribution is -2.13. The molecule has 2 aromatic rings. The minimum Gasteiger partial charge on any atom is -0.383 e. The van der Waals surface area contributed by atoms with Gasteiger partial charge in [0.2, 0.25) is 0 Å². The maximum Gasteiger partial charge on any atom is 0.125 e. The number of rotatable bonds is 3. The van der Waals surface area contributed by atoms with Crippen molar-refractivity contribution in [3.05, 3.63) is 70.2 Å². The Labute approximate surface area is 109 Å². The summed E-state index contributed by atoms with van der Waals surface area (Å²) in [6, 6.07) is 17.9. The molecule has 0 atom stereocenters. The fraction of sp³-hybridized carbons (Fsp3) is 0.0714. The summed E-state index contributed by atoms with van der Waals surface area (Å²) >= 11 is 3.42. The van der Waals surface area contributed by atoms with Gasteiger partial charge in [0.25, 0.3) is 0 Å². The molecule has 2 rings (SSSR count). The van der Waals surface area contributed by atoms with Gasteiger partial charge in [0, 0.05) is 10.0 Å². The number of nitrogens with two attached hydrogens (primary N) is 1. The van der Waals surface area contributed by atoms with Crippen LogP contribution in [0.15, 0.2) is 64.1 Å². The molecule has 2 nitrogen and oxygen atoms in total. The van der Waals surface area contributed by atoms with Gasteiger partial charge in [0.1, 0.15) is 5.84 Å². The first-order chi connectivity index (χ1) is 8.25. The molecule has 0 unspecified atom stereocenters. The monoisotopic (exact) mass is 288 g/mol. The molecule has 0 amide bonds. The molecule has 2 aromatic carbocycles. The predicted molar refractivity (Wildman–Crippen MR) is 75.0 cm³/mol. The van der Waals surface area contributed by atoms with Crippen molar-refractivity contribution in [1.29, 1.82) is 0 Å². The number of hydrogen-bond donors (Lipinski definition) is 1. The molecular weight excluding hydrogens is 276 g/mol. The SMILES string of the molecule is NC(=NCc1ccccc1)c1cccc(Br)c1. The molecule has 0 aliphatic rings. The van der Waals surface area contributed by atoms with E-state index >= 15 is 0 Å². The highest BCUT2D eigenvalue weighted by atomic mass is 79.9. The number of amidine groups is 1. The number of nitrogens with zero attached hydrogens (tertiary/aromatic N) is 1. The van der Waals surface area contributed by atoms with Gasteiger partial charge in [0.15, 0.2) is 0 Å². The molecular formula is C14H13BrN2. The highest BCUT2D eigenvalue weighted by molar-refractivity contribution is 9.10. The Morgan fingerprint density at radius 2 is 1.82 bits per heavy atom. The van der Waals surface area contributed by atoms with Crippen LogP contribution in [0, 0.1) is 0 Å². The zero-order valence-electron chi connectivity index (χ0n) is 9.31. The molecule has 17 heavy (non-hydrogen) atoms. The molecule has 0 bridgehead atoms. The molecule has 0 fully saturated rings. The topological polar surface area (TPSA) is 38.4 Å². The van der Waals surface area contributed by atoms with Crippen LogP contribution in [0.3, 0.4) is 0 Å². The standard InChI is InChI=1S/C14H13BrN2/c15-13-8-4-7-12(9-13)14(16)17-10-11-5-2-1-3-6-11/h1-9H,10H2,(H2,16,17). The van der Waals surface area contributed by atoms with Crippen molar-refractivity contribution in [1.82, 2.24) is 0 Å². The summed E-state index contributed by atoms with van der Waals surface area (Å²) < 4.78 is 1.01. The Hall–Kier alpha value is -1.61. The largest absolute Gasteiger partial charge is 0.383 e. The summed E-state index contributed by atoms with van der Waals surface area (Å²) in [6.45, 7) is 0.610. The summed E-state index contributed by atoms with van der Waals surface area (Å²) in [6.07, 6.45) is 0. The lowest BCUT2D eigenvalue weighted by atomic mass is 10.2. The minimum absolute atomic E-state index is 0.565. The molecule has 86 valence electrons. The second kappa shape index (κ2) is 5.64. The van der Waals surface area contributed by atoms with E-state index in [1.807, 2.05) is 54.6 Å². The average Bonchev–Trinajstić information content (AvgIpc) is 2.37. The maximum absolute atomic E-state index is 5.94. The predicted octanol–water partition coefficient (Wildman–Crippen LogP) is 3.35. The molecule has 0 heterocycles. The van der Waals surface area contributed by atoms with Crippen molar-refractivity contribution in [2.45, 2.75) is 6.54 Å². The van der Waals surface area contributed by atoms with Crippen molar-refractivity contribution in [3.63, 3.8) is 0 Å². The van der Waals surface area contributed by atoms with Crippen LogP contribution >= 0.6 is 15.9 Å². The smallest absolute Gasteiger partial charge is 0.125 e. The number of hydrogen-bond acceptors (Lipinski definition) is 1. The first-order valence-corrected chi connectivity index (χ1v) is 6.15. The molecule has 2 N–H and O–H groups in total. The fourth-order valence-electron chi connectivity index (χ4n) is 1.50. The molecule has 0 aromatic heterocycles. The van der Waals surface area contributed by atoms with Gasteiger partial charge in [-0.15, -0.1) is 0 Å². The van der Waals surface area contributed by atoms with Crippen molar-refractivity contribution in [3.8, 4) is 0 Å². The van der Waals surface area contributed by atoms with Gasteiger partial charge in [-0.05, 0) is 17.7 Å². The van der Waals surface area contributed by atoms with E-state index in [9.17, 15) is 0 Å². The van der Waals surface area contributed by atoms with Crippen LogP contribution in [0.5, 0.6) is 0 Å². The fourth-order valence-corrected chi connectivity index (χ4v) is 1.90. The Balaban J connectivity index is 2.12. The lowest BCUT2D eigenvalue weighted by Gasteiger charge is -2.02. The van der Waals surface area contributed by atoms with Crippen molar-refractivity contribution in [2.24, 2.45) is 10.7 Å². The van der Waals surface area contributed by atoms with Gasteiger partial charge >= 0.3 is 0 Å². The third-order valence-electron chi connectivity index (χ3n) is 2.40. The van der Waals surface area contributed by atoms with Crippen LogP contribution in [-0.4, -0.2) is 5.84 Å². The number of halogens is 1. The first kappa shape index (κ1) is 11.9. The van der Waals surface area contributed by atoms with Crippen LogP contribution in [0.1, 0.15) is 11.1 Å². The van der Waals surface area contributed by atoms with E-state index in [2.05, 4.69) is 20.9 Å². The highest BCUT2D eigenvalue weighted by Gasteiger charge is 1.98. The second-order valence-electron chi connectivity index (χ2n) is 3.70. The third kappa shape index (κ3) is 3.43. The first-order valence-electron chi connectivity index (χ1n) is 5.35. The Morgan fingerprint density at radius 3 is 2.53 bits per heavy atom. The van der Waals surface area contributed by atoms with Gasteiger partial charge < -0.3 is 5.73 Å². The van der Waals surface area contributed by atoms with Gasteiger partial charge in [-0.2, -0.15) is 0 Å². The van der Waals surface area contributed by atoms with Crippen LogP contribution < -0.4 is 5.73 Å². The number of benzene rings is 2. The van der Waals surface area contributed by atoms with Crippen LogP contribution in [0.2, 0.25) is 0 Å². The average molecular weight is 289 g/mol. The molecule has 0 spiro atoms. The summed E-state index contributed by atoms with van der Waals surface area (Å²) in [7, 11) is 0. The summed E-state index contributed by atoms with van der Waals surface area (Å²) in [5.41, 5.74) is 8.04. The van der Waals surface area contributed by atoms with E-state index in [0.29, 0.717) is 12.4 Å². The molecule has 0 saturated carbocycles. The zero-order chi connectivity index (χ0) is 12.1. The van der Waals surface area contributed by atoms with Gasteiger partial charge in [-0.25, -0.2) is 0 Å². The molecule has 0 saturated heterocycles. The maximum atomic E-state index is 5.94. The summed E-state index contributed by atoms with van der Waals surface area (Å²) in [5, 5.41) is 0. The van der Waals surface area contributed by atoms with E-state index in [1.165, 1.54) is 0 Å². The summed E-state index contributed by atoms with van der Waals surface area (Å²) in [4.78, 5) is 4.38. The highest BCUT2D eigenvalue weighted by Crippen LogP contribution is 2.11. The second-order valence-corrected chi connectivity index (χ2v) is 4.61. The Kier molecular flexibility index (Phi) is 3.94. The van der Waals surface area contributed by atoms with E-state index in [-0.39, 0.29) is 0 Å². The van der Waals surface area contributed by atoms with Crippen molar-refractivity contribution >= 4 is 21.8 Å². The van der Waals surface area contributed by atoms with E-state index in [1.54, 1.807) is 0 Å². The third-order valence-corrected chi connectivity index (χ3v) is 2.89. The van der Waals surface area contributed by atoms with Crippen LogP contribution in [-0.2, 0) is 6.54 Å². The minimum atomic E-state index is 0.565. The van der Waals surface area contributed by atoms with Crippen molar-refractivity contribution < 1.29 is 0 Å². The van der Waals surface area contributed by atoms with E-state index < -0.39 is 0 Å². The summed E-state index contributed by atoms with van der Waals surface area (Å²) in [5.74, 6) is 0.565. The van der Waals surface area contributed by atoms with Crippen LogP contribution in [0.4, 0.5) is 0 Å². The Morgan fingerprint density at radius 1 is 1.06 bits per heavy atom. The lowest BCUT2D eigenvalue weighted by molar-refractivity contribution is 1.06. The van der Waals surface area contributed by atoms with Gasteiger partial charge in [-0.3, -0.25) is 4.99 Å². The van der Waals surface area contributed by atoms with E-state index in [4.69, 9.17) is 5.73 Å². The zero-order valence-corrected chi connectivity index (χ0v) is 10.9. The molecule has 0 aliphatic heterocycles. The van der Waals surface area contributed by atoms with Crippen LogP contribution in [0.25, 0.3) is 0 Å². The quantitative estimate of drug-likeness (QED) is 0.683. The Bertz CT molecular complexity index is 521. The normalized spacial score (nSPS) is 11.5. The van der Waals surface area contributed by atoms with Gasteiger partial charge in [0.05, 0.1) is 6.54 Å². The molecule has 0 radical (unpaired) electrons. The number of aliphatic imine (C=N–C) groups is 1. The van der Waals surface area contributed by atoms with E-state index in [0.717, 1.165) is 15.6 Å². The molecule has 3 heteroatoms. The molecule has 0 aliphatic carbocycles. The van der Waals surface area contributed by atoms with Crippen molar-refractivity contribution in [2.75, 3.05) is 0 Å².